The van der Waals surface area contributed by atoms with Crippen LogP contribution < -0.4 is 4.90 Å². The predicted molar refractivity (Wildman–Crippen MR) is 71.6 cm³/mol. The topological polar surface area (TPSA) is 43.7 Å². The Labute approximate surface area is 116 Å². The van der Waals surface area contributed by atoms with Crippen LogP contribution in [0.2, 0.25) is 0 Å². The van der Waals surface area contributed by atoms with Gasteiger partial charge in [0.25, 0.3) is 0 Å². The molecule has 1 aromatic rings. The SMILES string of the molecule is CCN(CC(C)(C)O)c1ccc(CO)cc1C(F)(F)F. The van der Waals surface area contributed by atoms with Crippen LogP contribution in [0, 0.1) is 0 Å². The van der Waals surface area contributed by atoms with E-state index in [-0.39, 0.29) is 17.8 Å². The fourth-order valence-electron chi connectivity index (χ4n) is 2.02. The summed E-state index contributed by atoms with van der Waals surface area (Å²) in [5.74, 6) is 0. The Balaban J connectivity index is 3.27. The van der Waals surface area contributed by atoms with Gasteiger partial charge in [0.2, 0.25) is 0 Å². The van der Waals surface area contributed by atoms with Crippen molar-refractivity contribution in [1.29, 1.82) is 0 Å². The molecular weight excluding hydrogens is 271 g/mol. The third-order valence-electron chi connectivity index (χ3n) is 2.85. The zero-order chi connectivity index (χ0) is 15.6. The fourth-order valence-corrected chi connectivity index (χ4v) is 2.02. The maximum Gasteiger partial charge on any atom is 0.418 e. The van der Waals surface area contributed by atoms with E-state index >= 15 is 0 Å². The normalized spacial score (nSPS) is 12.6. The molecule has 0 saturated carbocycles. The Bertz CT molecular complexity index is 453. The lowest BCUT2D eigenvalue weighted by Crippen LogP contribution is -2.39. The van der Waals surface area contributed by atoms with E-state index in [9.17, 15) is 18.3 Å². The van der Waals surface area contributed by atoms with Crippen molar-refractivity contribution in [3.8, 4) is 0 Å². The average molecular weight is 291 g/mol. The first-order valence-electron chi connectivity index (χ1n) is 6.37. The van der Waals surface area contributed by atoms with E-state index in [1.54, 1.807) is 20.8 Å². The lowest BCUT2D eigenvalue weighted by Gasteiger charge is -2.32. The highest BCUT2D eigenvalue weighted by Gasteiger charge is 2.35. The van der Waals surface area contributed by atoms with Crippen LogP contribution in [0.1, 0.15) is 31.9 Å². The number of rotatable bonds is 5. The molecule has 0 aliphatic carbocycles. The Morgan fingerprint density at radius 1 is 1.20 bits per heavy atom. The molecule has 20 heavy (non-hydrogen) atoms. The van der Waals surface area contributed by atoms with E-state index in [0.717, 1.165) is 6.07 Å². The third kappa shape index (κ3) is 4.38. The van der Waals surface area contributed by atoms with Crippen molar-refractivity contribution in [2.24, 2.45) is 0 Å². The van der Waals surface area contributed by atoms with Gasteiger partial charge in [-0.2, -0.15) is 13.2 Å². The minimum Gasteiger partial charge on any atom is -0.392 e. The maximum atomic E-state index is 13.1. The van der Waals surface area contributed by atoms with Crippen LogP contribution in [-0.4, -0.2) is 28.9 Å². The summed E-state index contributed by atoms with van der Waals surface area (Å²) in [5, 5.41) is 18.8. The number of aliphatic hydroxyl groups excluding tert-OH is 1. The zero-order valence-electron chi connectivity index (χ0n) is 11.8. The smallest absolute Gasteiger partial charge is 0.392 e. The highest BCUT2D eigenvalue weighted by molar-refractivity contribution is 5.56. The largest absolute Gasteiger partial charge is 0.418 e. The van der Waals surface area contributed by atoms with Crippen LogP contribution in [0.5, 0.6) is 0 Å². The highest BCUT2D eigenvalue weighted by atomic mass is 19.4. The molecule has 6 heteroatoms. The number of anilines is 1. The Morgan fingerprint density at radius 3 is 2.20 bits per heavy atom. The van der Waals surface area contributed by atoms with Crippen molar-refractivity contribution >= 4 is 5.69 Å². The number of alkyl halides is 3. The first-order chi connectivity index (χ1) is 9.08. The van der Waals surface area contributed by atoms with Crippen LogP contribution in [0.15, 0.2) is 18.2 Å². The molecule has 0 saturated heterocycles. The van der Waals surface area contributed by atoms with Crippen molar-refractivity contribution in [3.05, 3.63) is 29.3 Å². The molecule has 0 aliphatic heterocycles. The van der Waals surface area contributed by atoms with Gasteiger partial charge < -0.3 is 15.1 Å². The number of likely N-dealkylation sites (N-methyl/N-ethyl adjacent to an activating group) is 1. The van der Waals surface area contributed by atoms with Crippen LogP contribution in [-0.2, 0) is 12.8 Å². The van der Waals surface area contributed by atoms with Gasteiger partial charge in [-0.15, -0.1) is 0 Å². The first-order valence-corrected chi connectivity index (χ1v) is 6.37. The summed E-state index contributed by atoms with van der Waals surface area (Å²) in [6, 6.07) is 3.74. The standard InChI is InChI=1S/C14H20F3NO2/c1-4-18(9-13(2,3)20)12-6-5-10(8-19)7-11(12)14(15,16)17/h5-7,19-20H,4,8-9H2,1-3H3. The van der Waals surface area contributed by atoms with Crippen molar-refractivity contribution < 1.29 is 23.4 Å². The molecule has 0 unspecified atom stereocenters. The number of halogens is 3. The molecule has 0 atom stereocenters. The summed E-state index contributed by atoms with van der Waals surface area (Å²) in [4.78, 5) is 1.48. The molecular formula is C14H20F3NO2. The van der Waals surface area contributed by atoms with Crippen LogP contribution in [0.4, 0.5) is 18.9 Å². The molecule has 0 aromatic heterocycles. The number of benzene rings is 1. The van der Waals surface area contributed by atoms with E-state index in [2.05, 4.69) is 0 Å². The second kappa shape index (κ2) is 6.01. The molecule has 114 valence electrons. The van der Waals surface area contributed by atoms with Crippen molar-refractivity contribution in [2.45, 2.75) is 39.2 Å². The van der Waals surface area contributed by atoms with Gasteiger partial charge >= 0.3 is 6.18 Å². The van der Waals surface area contributed by atoms with Gasteiger partial charge in [0.1, 0.15) is 0 Å². The Hall–Kier alpha value is -1.27. The molecule has 0 aliphatic rings. The van der Waals surface area contributed by atoms with Gasteiger partial charge in [-0.1, -0.05) is 6.07 Å². The second-order valence-electron chi connectivity index (χ2n) is 5.33. The predicted octanol–water partition coefficient (Wildman–Crippen LogP) is 2.79. The van der Waals surface area contributed by atoms with Gasteiger partial charge in [0, 0.05) is 18.8 Å². The van der Waals surface area contributed by atoms with Gasteiger partial charge in [0.05, 0.1) is 17.8 Å². The summed E-state index contributed by atoms with van der Waals surface area (Å²) < 4.78 is 39.4. The van der Waals surface area contributed by atoms with E-state index in [1.165, 1.54) is 17.0 Å². The molecule has 0 radical (unpaired) electrons. The molecule has 1 rings (SSSR count). The Morgan fingerprint density at radius 2 is 1.80 bits per heavy atom. The number of nitrogens with zero attached hydrogens (tertiary/aromatic N) is 1. The summed E-state index contributed by atoms with van der Waals surface area (Å²) in [6.45, 7) is 4.81. The highest BCUT2D eigenvalue weighted by Crippen LogP contribution is 2.37. The van der Waals surface area contributed by atoms with Crippen molar-refractivity contribution in [2.75, 3.05) is 18.0 Å². The van der Waals surface area contributed by atoms with Gasteiger partial charge in [-0.05, 0) is 38.5 Å². The van der Waals surface area contributed by atoms with Gasteiger partial charge in [0.15, 0.2) is 0 Å². The second-order valence-corrected chi connectivity index (χ2v) is 5.33. The number of hydrogen-bond donors (Lipinski definition) is 2. The van der Waals surface area contributed by atoms with Crippen LogP contribution in [0.25, 0.3) is 0 Å². The molecule has 0 bridgehead atoms. The number of hydrogen-bond acceptors (Lipinski definition) is 3. The quantitative estimate of drug-likeness (QED) is 0.876. The van der Waals surface area contributed by atoms with Crippen molar-refractivity contribution in [1.82, 2.24) is 0 Å². The summed E-state index contributed by atoms with van der Waals surface area (Å²) in [7, 11) is 0. The van der Waals surface area contributed by atoms with Gasteiger partial charge in [-0.25, -0.2) is 0 Å². The lowest BCUT2D eigenvalue weighted by atomic mass is 10.0. The fraction of sp³-hybridized carbons (Fsp3) is 0.571. The molecule has 1 aromatic carbocycles. The minimum absolute atomic E-state index is 0.0133. The van der Waals surface area contributed by atoms with E-state index in [0.29, 0.717) is 6.54 Å². The Kier molecular flexibility index (Phi) is 5.05. The van der Waals surface area contributed by atoms with Crippen molar-refractivity contribution in [3.63, 3.8) is 0 Å². The van der Waals surface area contributed by atoms with Crippen LogP contribution >= 0.6 is 0 Å². The minimum atomic E-state index is -4.51. The molecule has 0 spiro atoms. The summed E-state index contributed by atoms with van der Waals surface area (Å²) >= 11 is 0. The zero-order valence-corrected chi connectivity index (χ0v) is 11.8. The first kappa shape index (κ1) is 16.8. The average Bonchev–Trinajstić information content (AvgIpc) is 2.33. The molecule has 0 amide bonds. The van der Waals surface area contributed by atoms with E-state index in [1.807, 2.05) is 0 Å². The molecule has 3 nitrogen and oxygen atoms in total. The number of aliphatic hydroxyl groups is 2. The summed E-state index contributed by atoms with van der Waals surface area (Å²) in [6.07, 6.45) is -4.51. The van der Waals surface area contributed by atoms with E-state index in [4.69, 9.17) is 5.11 Å². The van der Waals surface area contributed by atoms with E-state index < -0.39 is 23.9 Å². The molecule has 2 N–H and O–H groups in total. The van der Waals surface area contributed by atoms with Gasteiger partial charge in [-0.3, -0.25) is 0 Å². The third-order valence-corrected chi connectivity index (χ3v) is 2.85. The lowest BCUT2D eigenvalue weighted by molar-refractivity contribution is -0.137. The molecule has 0 heterocycles. The maximum absolute atomic E-state index is 13.1. The summed E-state index contributed by atoms with van der Waals surface area (Å²) in [5.41, 5.74) is -1.68. The molecule has 0 fully saturated rings. The monoisotopic (exact) mass is 291 g/mol. The van der Waals surface area contributed by atoms with Crippen LogP contribution in [0.3, 0.4) is 0 Å².